The maximum atomic E-state index is 10.5. The first kappa shape index (κ1) is 11.1. The first-order chi connectivity index (χ1) is 7.70. The standard InChI is InChI=1S/C12H7Cl2NO/c13-9-2-3-10(11(14)5-9)12-4-1-8(7-16)6-15-12/h1-7H. The number of hydrogen-bond acceptors (Lipinski definition) is 2. The first-order valence-corrected chi connectivity index (χ1v) is 5.33. The molecule has 4 heteroatoms. The highest BCUT2D eigenvalue weighted by Crippen LogP contribution is 2.28. The highest BCUT2D eigenvalue weighted by molar-refractivity contribution is 6.36. The average Bonchev–Trinajstić information content (AvgIpc) is 2.29. The van der Waals surface area contributed by atoms with Gasteiger partial charge in [-0.2, -0.15) is 0 Å². The zero-order chi connectivity index (χ0) is 11.5. The van der Waals surface area contributed by atoms with Crippen molar-refractivity contribution in [2.24, 2.45) is 0 Å². The van der Waals surface area contributed by atoms with Gasteiger partial charge in [-0.05, 0) is 30.3 Å². The Morgan fingerprint density at radius 2 is 1.94 bits per heavy atom. The number of carbonyl (C=O) groups is 1. The third kappa shape index (κ3) is 2.23. The zero-order valence-electron chi connectivity index (χ0n) is 8.15. The second kappa shape index (κ2) is 4.64. The van der Waals surface area contributed by atoms with Crippen molar-refractivity contribution in [3.63, 3.8) is 0 Å². The molecule has 2 aromatic rings. The van der Waals surface area contributed by atoms with Crippen LogP contribution in [0.5, 0.6) is 0 Å². The molecule has 0 saturated carbocycles. The molecule has 80 valence electrons. The van der Waals surface area contributed by atoms with E-state index in [4.69, 9.17) is 23.2 Å². The van der Waals surface area contributed by atoms with Gasteiger partial charge >= 0.3 is 0 Å². The first-order valence-electron chi connectivity index (χ1n) is 4.57. The topological polar surface area (TPSA) is 30.0 Å². The van der Waals surface area contributed by atoms with Gasteiger partial charge in [0.25, 0.3) is 0 Å². The Morgan fingerprint density at radius 3 is 2.50 bits per heavy atom. The summed E-state index contributed by atoms with van der Waals surface area (Å²) in [5.74, 6) is 0. The number of aromatic nitrogens is 1. The van der Waals surface area contributed by atoms with Crippen LogP contribution in [0.3, 0.4) is 0 Å². The molecule has 16 heavy (non-hydrogen) atoms. The summed E-state index contributed by atoms with van der Waals surface area (Å²) in [5.41, 5.74) is 2.05. The zero-order valence-corrected chi connectivity index (χ0v) is 9.66. The normalized spacial score (nSPS) is 10.1. The van der Waals surface area contributed by atoms with E-state index in [2.05, 4.69) is 4.98 Å². The lowest BCUT2D eigenvalue weighted by atomic mass is 10.1. The van der Waals surface area contributed by atoms with E-state index in [1.54, 1.807) is 30.3 Å². The molecule has 0 aliphatic carbocycles. The Balaban J connectivity index is 2.46. The molecular formula is C12H7Cl2NO. The molecule has 0 fully saturated rings. The number of halogens is 2. The molecular weight excluding hydrogens is 245 g/mol. The van der Waals surface area contributed by atoms with Crippen LogP contribution in [0.25, 0.3) is 11.3 Å². The molecule has 1 aromatic carbocycles. The number of pyridine rings is 1. The van der Waals surface area contributed by atoms with Gasteiger partial charge in [-0.25, -0.2) is 0 Å². The predicted molar refractivity (Wildman–Crippen MR) is 65.1 cm³/mol. The highest BCUT2D eigenvalue weighted by atomic mass is 35.5. The van der Waals surface area contributed by atoms with Crippen molar-refractivity contribution in [3.8, 4) is 11.3 Å². The van der Waals surface area contributed by atoms with Crippen LogP contribution < -0.4 is 0 Å². The molecule has 0 unspecified atom stereocenters. The van der Waals surface area contributed by atoms with Crippen molar-refractivity contribution >= 4 is 29.5 Å². The molecule has 0 saturated heterocycles. The molecule has 1 heterocycles. The molecule has 2 nitrogen and oxygen atoms in total. The van der Waals surface area contributed by atoms with Gasteiger partial charge in [0.2, 0.25) is 0 Å². The summed E-state index contributed by atoms with van der Waals surface area (Å²) in [5, 5.41) is 1.12. The van der Waals surface area contributed by atoms with E-state index >= 15 is 0 Å². The monoisotopic (exact) mass is 251 g/mol. The van der Waals surface area contributed by atoms with Gasteiger partial charge in [0.1, 0.15) is 0 Å². The summed E-state index contributed by atoms with van der Waals surface area (Å²) < 4.78 is 0. The summed E-state index contributed by atoms with van der Waals surface area (Å²) in [6.07, 6.45) is 2.26. The largest absolute Gasteiger partial charge is 0.298 e. The van der Waals surface area contributed by atoms with Gasteiger partial charge in [0.15, 0.2) is 6.29 Å². The molecule has 0 radical (unpaired) electrons. The Hall–Kier alpha value is -1.38. The quantitative estimate of drug-likeness (QED) is 0.759. The number of carbonyl (C=O) groups excluding carboxylic acids is 1. The van der Waals surface area contributed by atoms with Crippen molar-refractivity contribution in [2.45, 2.75) is 0 Å². The van der Waals surface area contributed by atoms with Crippen LogP contribution in [0.15, 0.2) is 36.5 Å². The smallest absolute Gasteiger partial charge is 0.151 e. The van der Waals surface area contributed by atoms with Crippen LogP contribution in [0.4, 0.5) is 0 Å². The van der Waals surface area contributed by atoms with Crippen LogP contribution >= 0.6 is 23.2 Å². The minimum Gasteiger partial charge on any atom is -0.298 e. The molecule has 0 aliphatic heterocycles. The fourth-order valence-corrected chi connectivity index (χ4v) is 1.84. The van der Waals surface area contributed by atoms with Crippen molar-refractivity contribution in [2.75, 3.05) is 0 Å². The van der Waals surface area contributed by atoms with E-state index in [9.17, 15) is 4.79 Å². The summed E-state index contributed by atoms with van der Waals surface area (Å²) in [7, 11) is 0. The van der Waals surface area contributed by atoms with Crippen LogP contribution in [0.1, 0.15) is 10.4 Å². The van der Waals surface area contributed by atoms with E-state index in [1.807, 2.05) is 0 Å². The third-order valence-corrected chi connectivity index (χ3v) is 2.68. The van der Waals surface area contributed by atoms with Crippen LogP contribution in [-0.4, -0.2) is 11.3 Å². The Kier molecular flexibility index (Phi) is 3.22. The van der Waals surface area contributed by atoms with E-state index in [0.29, 0.717) is 21.3 Å². The van der Waals surface area contributed by atoms with Crippen molar-refractivity contribution in [3.05, 3.63) is 52.1 Å². The molecule has 0 spiro atoms. The summed E-state index contributed by atoms with van der Waals surface area (Å²) in [6.45, 7) is 0. The van der Waals surface area contributed by atoms with Gasteiger partial charge in [-0.1, -0.05) is 23.2 Å². The van der Waals surface area contributed by atoms with Gasteiger partial charge in [-0.15, -0.1) is 0 Å². The molecule has 0 aliphatic rings. The van der Waals surface area contributed by atoms with Gasteiger partial charge in [0.05, 0.1) is 10.7 Å². The fraction of sp³-hybridized carbons (Fsp3) is 0. The highest BCUT2D eigenvalue weighted by Gasteiger charge is 2.05. The maximum absolute atomic E-state index is 10.5. The van der Waals surface area contributed by atoms with E-state index in [1.165, 1.54) is 6.20 Å². The van der Waals surface area contributed by atoms with Crippen LogP contribution in [0, 0.1) is 0 Å². The number of benzene rings is 1. The van der Waals surface area contributed by atoms with E-state index < -0.39 is 0 Å². The van der Waals surface area contributed by atoms with Crippen molar-refractivity contribution in [1.29, 1.82) is 0 Å². The van der Waals surface area contributed by atoms with E-state index in [-0.39, 0.29) is 0 Å². The van der Waals surface area contributed by atoms with Gasteiger partial charge < -0.3 is 0 Å². The number of hydrogen-bond donors (Lipinski definition) is 0. The second-order valence-electron chi connectivity index (χ2n) is 3.22. The Labute approximate surface area is 103 Å². The molecule has 0 bridgehead atoms. The minimum absolute atomic E-state index is 0.536. The summed E-state index contributed by atoms with van der Waals surface area (Å²) in [4.78, 5) is 14.6. The lowest BCUT2D eigenvalue weighted by molar-refractivity contribution is 0.112. The second-order valence-corrected chi connectivity index (χ2v) is 4.06. The van der Waals surface area contributed by atoms with Crippen LogP contribution in [-0.2, 0) is 0 Å². The van der Waals surface area contributed by atoms with Crippen LogP contribution in [0.2, 0.25) is 10.0 Å². The average molecular weight is 252 g/mol. The molecule has 0 amide bonds. The fourth-order valence-electron chi connectivity index (χ4n) is 1.33. The molecule has 1 aromatic heterocycles. The third-order valence-electron chi connectivity index (χ3n) is 2.13. The lowest BCUT2D eigenvalue weighted by Crippen LogP contribution is -1.87. The molecule has 2 rings (SSSR count). The molecule has 0 N–H and O–H groups in total. The van der Waals surface area contributed by atoms with Gasteiger partial charge in [0, 0.05) is 22.3 Å². The van der Waals surface area contributed by atoms with Gasteiger partial charge in [-0.3, -0.25) is 9.78 Å². The number of aldehydes is 1. The Morgan fingerprint density at radius 1 is 1.12 bits per heavy atom. The summed E-state index contributed by atoms with van der Waals surface area (Å²) in [6, 6.07) is 8.65. The molecule has 0 atom stereocenters. The van der Waals surface area contributed by atoms with E-state index in [0.717, 1.165) is 11.8 Å². The minimum atomic E-state index is 0.536. The SMILES string of the molecule is O=Cc1ccc(-c2ccc(Cl)cc2Cl)nc1. The van der Waals surface area contributed by atoms with Crippen molar-refractivity contribution in [1.82, 2.24) is 4.98 Å². The Bertz CT molecular complexity index is 523. The number of rotatable bonds is 2. The lowest BCUT2D eigenvalue weighted by Gasteiger charge is -2.03. The summed E-state index contributed by atoms with van der Waals surface area (Å²) >= 11 is 11.8. The van der Waals surface area contributed by atoms with Crippen molar-refractivity contribution < 1.29 is 4.79 Å². The predicted octanol–water partition coefficient (Wildman–Crippen LogP) is 3.87. The number of nitrogens with zero attached hydrogens (tertiary/aromatic N) is 1. The maximum Gasteiger partial charge on any atom is 0.151 e.